The van der Waals surface area contributed by atoms with Gasteiger partial charge in [-0.15, -0.1) is 11.3 Å². The molecule has 5 heterocycles. The van der Waals surface area contributed by atoms with Gasteiger partial charge in [-0.3, -0.25) is 14.4 Å². The van der Waals surface area contributed by atoms with Crippen molar-refractivity contribution in [2.75, 3.05) is 31.1 Å². The van der Waals surface area contributed by atoms with Crippen molar-refractivity contribution >= 4 is 33.3 Å². The first-order valence-corrected chi connectivity index (χ1v) is 12.5. The van der Waals surface area contributed by atoms with Crippen molar-refractivity contribution in [3.63, 3.8) is 0 Å². The third kappa shape index (κ3) is 5.58. The van der Waals surface area contributed by atoms with Gasteiger partial charge in [0.2, 0.25) is 0 Å². The van der Waals surface area contributed by atoms with Gasteiger partial charge in [0.05, 0.1) is 24.5 Å². The van der Waals surface area contributed by atoms with E-state index in [-0.39, 0.29) is 10.8 Å². The number of nitrogens with zero attached hydrogens (tertiary/aromatic N) is 6. The molecule has 2 atom stereocenters. The molecule has 2 unspecified atom stereocenters. The van der Waals surface area contributed by atoms with Crippen LogP contribution in [0.3, 0.4) is 0 Å². The molecular formula is C23H27F3N6O2S. The number of likely N-dealkylation sites (tertiary alicyclic amines) is 1. The maximum absolute atomic E-state index is 12.9. The Morgan fingerprint density at radius 2 is 2.11 bits per heavy atom. The summed E-state index contributed by atoms with van der Waals surface area (Å²) in [6.07, 6.45) is 2.18. The standard InChI is InChI=1S/C23H27F3N6O2S/c1-15(33)34-7-6-32-12-16(10-29-32)11-30-4-2-17-13-31(5-3-20(17)30)21-19-8-18(9-23(24,25)26)35-22(19)28-14-27-21/h8,10,12,14,17,20H,2-7,9,11,13H2,1H3. The van der Waals surface area contributed by atoms with Gasteiger partial charge in [-0.2, -0.15) is 18.3 Å². The molecule has 2 fully saturated rings. The van der Waals surface area contributed by atoms with Crippen LogP contribution in [0, 0.1) is 5.92 Å². The molecule has 188 valence electrons. The van der Waals surface area contributed by atoms with Crippen molar-refractivity contribution in [2.45, 2.75) is 51.5 Å². The van der Waals surface area contributed by atoms with Crippen molar-refractivity contribution < 1.29 is 22.7 Å². The number of ether oxygens (including phenoxy) is 1. The van der Waals surface area contributed by atoms with Crippen LogP contribution in [0.5, 0.6) is 0 Å². The lowest BCUT2D eigenvalue weighted by atomic mass is 9.92. The van der Waals surface area contributed by atoms with Crippen molar-refractivity contribution in [1.82, 2.24) is 24.6 Å². The third-order valence-corrected chi connectivity index (χ3v) is 7.72. The second-order valence-electron chi connectivity index (χ2n) is 9.19. The second-order valence-corrected chi connectivity index (χ2v) is 10.3. The SMILES string of the molecule is CC(=O)OCCn1cc(CN2CCC3CN(c4ncnc5sc(CC(F)(F)F)cc45)CCC32)cn1. The molecule has 2 aliphatic rings. The number of anilines is 1. The summed E-state index contributed by atoms with van der Waals surface area (Å²) in [6.45, 7) is 5.67. The molecule has 8 nitrogen and oxygen atoms in total. The molecule has 0 N–H and O–H groups in total. The van der Waals surface area contributed by atoms with Crippen LogP contribution in [0.25, 0.3) is 10.2 Å². The summed E-state index contributed by atoms with van der Waals surface area (Å²) in [7, 11) is 0. The Bertz CT molecular complexity index is 1200. The van der Waals surface area contributed by atoms with E-state index in [0.29, 0.717) is 35.3 Å². The van der Waals surface area contributed by atoms with E-state index in [2.05, 4.69) is 24.9 Å². The molecule has 2 aliphatic heterocycles. The summed E-state index contributed by atoms with van der Waals surface area (Å²) < 4.78 is 45.4. The minimum atomic E-state index is -4.24. The number of hydrogen-bond acceptors (Lipinski definition) is 8. The predicted octanol–water partition coefficient (Wildman–Crippen LogP) is 3.66. The fourth-order valence-electron chi connectivity index (χ4n) is 5.23. The van der Waals surface area contributed by atoms with Crippen LogP contribution >= 0.6 is 11.3 Å². The highest BCUT2D eigenvalue weighted by Crippen LogP contribution is 2.38. The van der Waals surface area contributed by atoms with Gasteiger partial charge < -0.3 is 9.64 Å². The average Bonchev–Trinajstić information content (AvgIpc) is 3.50. The maximum Gasteiger partial charge on any atom is 0.393 e. The Morgan fingerprint density at radius 1 is 1.26 bits per heavy atom. The van der Waals surface area contributed by atoms with Crippen LogP contribution in [0.1, 0.15) is 30.2 Å². The van der Waals surface area contributed by atoms with Gasteiger partial charge >= 0.3 is 12.1 Å². The molecule has 3 aromatic rings. The third-order valence-electron chi connectivity index (χ3n) is 6.68. The predicted molar refractivity (Wildman–Crippen MR) is 125 cm³/mol. The topological polar surface area (TPSA) is 76.4 Å². The highest BCUT2D eigenvalue weighted by atomic mass is 32.1. The molecule has 0 radical (unpaired) electrons. The van der Waals surface area contributed by atoms with Gasteiger partial charge in [0.1, 0.15) is 23.6 Å². The van der Waals surface area contributed by atoms with E-state index in [1.165, 1.54) is 13.3 Å². The van der Waals surface area contributed by atoms with E-state index in [9.17, 15) is 18.0 Å². The van der Waals surface area contributed by atoms with Crippen molar-refractivity contribution in [2.24, 2.45) is 5.92 Å². The van der Waals surface area contributed by atoms with Crippen LogP contribution < -0.4 is 4.90 Å². The smallest absolute Gasteiger partial charge is 0.393 e. The number of aromatic nitrogens is 4. The molecule has 12 heteroatoms. The first-order chi connectivity index (χ1) is 16.7. The summed E-state index contributed by atoms with van der Waals surface area (Å²) in [5, 5.41) is 5.08. The highest BCUT2D eigenvalue weighted by molar-refractivity contribution is 7.18. The van der Waals surface area contributed by atoms with Gasteiger partial charge in [-0.05, 0) is 31.4 Å². The van der Waals surface area contributed by atoms with Crippen molar-refractivity contribution in [1.29, 1.82) is 0 Å². The maximum atomic E-state index is 12.9. The Labute approximate surface area is 204 Å². The van der Waals surface area contributed by atoms with Gasteiger partial charge in [0.25, 0.3) is 0 Å². The quantitative estimate of drug-likeness (QED) is 0.451. The van der Waals surface area contributed by atoms with Gasteiger partial charge in [-0.1, -0.05) is 0 Å². The minimum Gasteiger partial charge on any atom is -0.464 e. The second kappa shape index (κ2) is 9.73. The highest BCUT2D eigenvalue weighted by Gasteiger charge is 2.39. The van der Waals surface area contributed by atoms with E-state index in [1.807, 2.05) is 12.4 Å². The Kier molecular flexibility index (Phi) is 6.67. The number of esters is 1. The number of carbonyl (C=O) groups is 1. The van der Waals surface area contributed by atoms with E-state index in [0.717, 1.165) is 61.7 Å². The number of hydrogen-bond donors (Lipinski definition) is 0. The first-order valence-electron chi connectivity index (χ1n) is 11.7. The number of halogens is 3. The van der Waals surface area contributed by atoms with Gasteiger partial charge in [0, 0.05) is 49.2 Å². The average molecular weight is 509 g/mol. The summed E-state index contributed by atoms with van der Waals surface area (Å²) in [5.74, 6) is 0.918. The number of carbonyl (C=O) groups excluding carboxylic acids is 1. The zero-order chi connectivity index (χ0) is 24.6. The van der Waals surface area contributed by atoms with E-state index in [4.69, 9.17) is 4.74 Å². The molecule has 0 bridgehead atoms. The number of alkyl halides is 3. The normalized spacial score (nSPS) is 21.0. The zero-order valence-corrected chi connectivity index (χ0v) is 20.2. The van der Waals surface area contributed by atoms with Crippen LogP contribution in [0.15, 0.2) is 24.8 Å². The molecule has 0 amide bonds. The van der Waals surface area contributed by atoms with Crippen LogP contribution in [0.2, 0.25) is 0 Å². The molecule has 0 aliphatic carbocycles. The molecule has 5 rings (SSSR count). The van der Waals surface area contributed by atoms with E-state index in [1.54, 1.807) is 10.7 Å². The van der Waals surface area contributed by atoms with Crippen LogP contribution in [-0.4, -0.2) is 69.1 Å². The number of fused-ring (bicyclic) bond motifs is 2. The van der Waals surface area contributed by atoms with Gasteiger partial charge in [0.15, 0.2) is 0 Å². The fraction of sp³-hybridized carbons (Fsp3) is 0.565. The summed E-state index contributed by atoms with van der Waals surface area (Å²) in [6, 6.07) is 2.06. The van der Waals surface area contributed by atoms with Crippen LogP contribution in [0.4, 0.5) is 19.0 Å². The van der Waals surface area contributed by atoms with Crippen molar-refractivity contribution in [3.05, 3.63) is 35.2 Å². The molecule has 0 spiro atoms. The van der Waals surface area contributed by atoms with E-state index < -0.39 is 12.6 Å². The molecule has 35 heavy (non-hydrogen) atoms. The summed E-state index contributed by atoms with van der Waals surface area (Å²) in [5.41, 5.74) is 1.13. The monoisotopic (exact) mass is 508 g/mol. The summed E-state index contributed by atoms with van der Waals surface area (Å²) >= 11 is 1.09. The van der Waals surface area contributed by atoms with Crippen molar-refractivity contribution in [3.8, 4) is 0 Å². The fourth-order valence-corrected chi connectivity index (χ4v) is 6.25. The molecule has 0 aromatic carbocycles. The van der Waals surface area contributed by atoms with Gasteiger partial charge in [-0.25, -0.2) is 9.97 Å². The molecule has 2 saturated heterocycles. The van der Waals surface area contributed by atoms with Crippen LogP contribution in [-0.2, 0) is 29.0 Å². The zero-order valence-electron chi connectivity index (χ0n) is 19.4. The number of thiophene rings is 1. The lowest BCUT2D eigenvalue weighted by molar-refractivity contribution is -0.141. The summed E-state index contributed by atoms with van der Waals surface area (Å²) in [4.78, 5) is 25.2. The molecular weight excluding hydrogens is 481 g/mol. The number of rotatable bonds is 7. The number of piperidine rings is 1. The molecule has 0 saturated carbocycles. The largest absolute Gasteiger partial charge is 0.464 e. The Morgan fingerprint density at radius 3 is 2.91 bits per heavy atom. The first kappa shape index (κ1) is 24.0. The Balaban J connectivity index is 1.22. The minimum absolute atomic E-state index is 0.268. The molecule has 3 aromatic heterocycles. The van der Waals surface area contributed by atoms with E-state index >= 15 is 0 Å². The lowest BCUT2D eigenvalue weighted by Crippen LogP contribution is -2.46. The lowest BCUT2D eigenvalue weighted by Gasteiger charge is -2.38. The Hall–Kier alpha value is -2.73.